The molecule has 0 saturated heterocycles. The Hall–Kier alpha value is -1.56. The highest BCUT2D eigenvalue weighted by Gasteiger charge is 2.18. The molecule has 1 radical (unpaired) electrons. The van der Waals surface area contributed by atoms with E-state index in [1.807, 2.05) is 0 Å². The second-order valence-electron chi connectivity index (χ2n) is 5.66. The Balaban J connectivity index is 1.99. The highest BCUT2D eigenvalue weighted by molar-refractivity contribution is 5.20. The average molecular weight is 265 g/mol. The van der Waals surface area contributed by atoms with Gasteiger partial charge in [0.1, 0.15) is 0 Å². The van der Waals surface area contributed by atoms with Crippen molar-refractivity contribution in [2.45, 2.75) is 38.5 Å². The van der Waals surface area contributed by atoms with Crippen LogP contribution in [0.5, 0.6) is 0 Å². The normalized spacial score (nSPS) is 13.9. The van der Waals surface area contributed by atoms with Crippen molar-refractivity contribution in [1.82, 2.24) is 0 Å². The highest BCUT2D eigenvalue weighted by Crippen LogP contribution is 2.32. The Morgan fingerprint density at radius 1 is 0.850 bits per heavy atom. The van der Waals surface area contributed by atoms with Crippen LogP contribution in [0.4, 0.5) is 0 Å². The van der Waals surface area contributed by atoms with E-state index in [4.69, 9.17) is 0 Å². The minimum atomic E-state index is 0.636. The molecule has 20 heavy (non-hydrogen) atoms. The quantitative estimate of drug-likeness (QED) is 0.606. The van der Waals surface area contributed by atoms with E-state index in [0.717, 1.165) is 6.42 Å². The van der Waals surface area contributed by atoms with Crippen LogP contribution in [0.25, 0.3) is 0 Å². The monoisotopic (exact) mass is 265 g/mol. The first-order valence-corrected chi connectivity index (χ1v) is 7.69. The summed E-state index contributed by atoms with van der Waals surface area (Å²) in [6.45, 7) is 6.44. The molecule has 0 N–H and O–H groups in total. The SMILES string of the molecule is [CH2]CCC(c1ccccc1)C(C)CCc1ccccc1. The summed E-state index contributed by atoms with van der Waals surface area (Å²) in [6, 6.07) is 21.7. The standard InChI is InChI=1S/C20H25/c1-3-10-20(19-13-8-5-9-14-19)17(2)15-16-18-11-6-4-7-12-18/h4-9,11-14,17,20H,1,3,10,15-16H2,2H3. The predicted octanol–water partition coefficient (Wildman–Crippen LogP) is 5.65. The fourth-order valence-corrected chi connectivity index (χ4v) is 2.94. The summed E-state index contributed by atoms with van der Waals surface area (Å²) in [5, 5.41) is 0. The Bertz CT molecular complexity index is 472. The number of hydrogen-bond acceptors (Lipinski definition) is 0. The maximum absolute atomic E-state index is 4.05. The van der Waals surface area contributed by atoms with Crippen LogP contribution in [-0.4, -0.2) is 0 Å². The Labute approximate surface area is 123 Å². The van der Waals surface area contributed by atoms with Gasteiger partial charge in [0.15, 0.2) is 0 Å². The van der Waals surface area contributed by atoms with Crippen molar-refractivity contribution in [2.24, 2.45) is 5.92 Å². The van der Waals surface area contributed by atoms with Crippen LogP contribution in [0.1, 0.15) is 43.2 Å². The first-order chi connectivity index (χ1) is 9.81. The fraction of sp³-hybridized carbons (Fsp3) is 0.350. The van der Waals surface area contributed by atoms with E-state index < -0.39 is 0 Å². The average Bonchev–Trinajstić information content (AvgIpc) is 2.52. The summed E-state index contributed by atoms with van der Waals surface area (Å²) in [5.41, 5.74) is 2.91. The zero-order chi connectivity index (χ0) is 14.2. The lowest BCUT2D eigenvalue weighted by Gasteiger charge is -2.24. The fourth-order valence-electron chi connectivity index (χ4n) is 2.94. The third-order valence-corrected chi connectivity index (χ3v) is 4.16. The van der Waals surface area contributed by atoms with Crippen LogP contribution >= 0.6 is 0 Å². The van der Waals surface area contributed by atoms with Crippen molar-refractivity contribution in [1.29, 1.82) is 0 Å². The third kappa shape index (κ3) is 4.23. The van der Waals surface area contributed by atoms with Crippen LogP contribution in [0.15, 0.2) is 60.7 Å². The molecule has 2 unspecified atom stereocenters. The van der Waals surface area contributed by atoms with Crippen molar-refractivity contribution < 1.29 is 0 Å². The lowest BCUT2D eigenvalue weighted by Crippen LogP contribution is -2.11. The predicted molar refractivity (Wildman–Crippen MR) is 87.7 cm³/mol. The van der Waals surface area contributed by atoms with E-state index in [9.17, 15) is 0 Å². The van der Waals surface area contributed by atoms with E-state index in [1.165, 1.54) is 30.4 Å². The maximum atomic E-state index is 4.05. The molecule has 2 atom stereocenters. The van der Waals surface area contributed by atoms with Gasteiger partial charge in [0, 0.05) is 0 Å². The van der Waals surface area contributed by atoms with E-state index in [-0.39, 0.29) is 0 Å². The largest absolute Gasteiger partial charge is 0.0622 e. The molecule has 0 aliphatic rings. The number of benzene rings is 2. The minimum Gasteiger partial charge on any atom is -0.0622 e. The molecule has 2 aromatic rings. The molecule has 0 heteroatoms. The van der Waals surface area contributed by atoms with Gasteiger partial charge in [-0.25, -0.2) is 0 Å². The molecule has 0 saturated carbocycles. The van der Waals surface area contributed by atoms with Crippen molar-refractivity contribution in [3.05, 3.63) is 78.7 Å². The van der Waals surface area contributed by atoms with Crippen LogP contribution in [0.3, 0.4) is 0 Å². The van der Waals surface area contributed by atoms with Crippen molar-refractivity contribution in [3.8, 4) is 0 Å². The Kier molecular flexibility index (Phi) is 5.86. The van der Waals surface area contributed by atoms with Gasteiger partial charge in [-0.05, 0) is 42.2 Å². The molecule has 105 valence electrons. The second-order valence-corrected chi connectivity index (χ2v) is 5.66. The summed E-state index contributed by atoms with van der Waals surface area (Å²) >= 11 is 0. The molecular weight excluding hydrogens is 240 g/mol. The van der Waals surface area contributed by atoms with Gasteiger partial charge in [0.25, 0.3) is 0 Å². The van der Waals surface area contributed by atoms with Gasteiger partial charge in [-0.2, -0.15) is 0 Å². The van der Waals surface area contributed by atoms with Crippen molar-refractivity contribution >= 4 is 0 Å². The van der Waals surface area contributed by atoms with E-state index in [0.29, 0.717) is 11.8 Å². The number of aryl methyl sites for hydroxylation is 1. The van der Waals surface area contributed by atoms with E-state index in [1.54, 1.807) is 0 Å². The van der Waals surface area contributed by atoms with Crippen molar-refractivity contribution in [2.75, 3.05) is 0 Å². The van der Waals surface area contributed by atoms with Gasteiger partial charge in [0.2, 0.25) is 0 Å². The van der Waals surface area contributed by atoms with Gasteiger partial charge in [0.05, 0.1) is 0 Å². The first kappa shape index (κ1) is 14.8. The Morgan fingerprint density at radius 2 is 1.45 bits per heavy atom. The molecular formula is C20H25. The zero-order valence-electron chi connectivity index (χ0n) is 12.5. The molecule has 0 aromatic heterocycles. The van der Waals surface area contributed by atoms with Crippen LogP contribution < -0.4 is 0 Å². The number of rotatable bonds is 7. The molecule has 0 nitrogen and oxygen atoms in total. The van der Waals surface area contributed by atoms with E-state index in [2.05, 4.69) is 74.5 Å². The minimum absolute atomic E-state index is 0.636. The number of hydrogen-bond donors (Lipinski definition) is 0. The maximum Gasteiger partial charge on any atom is -0.0136 e. The first-order valence-electron chi connectivity index (χ1n) is 7.69. The lowest BCUT2D eigenvalue weighted by atomic mass is 9.81. The summed E-state index contributed by atoms with van der Waals surface area (Å²) in [5.74, 6) is 1.33. The molecule has 0 amide bonds. The van der Waals surface area contributed by atoms with Gasteiger partial charge in [-0.1, -0.05) is 80.9 Å². The summed E-state index contributed by atoms with van der Waals surface area (Å²) in [6.07, 6.45) is 4.60. The molecule has 0 spiro atoms. The third-order valence-electron chi connectivity index (χ3n) is 4.16. The smallest absolute Gasteiger partial charge is 0.0136 e. The zero-order valence-corrected chi connectivity index (χ0v) is 12.5. The Morgan fingerprint density at radius 3 is 2.05 bits per heavy atom. The highest BCUT2D eigenvalue weighted by atomic mass is 14.2. The molecule has 0 fully saturated rings. The topological polar surface area (TPSA) is 0 Å². The van der Waals surface area contributed by atoms with Crippen LogP contribution in [0, 0.1) is 12.8 Å². The molecule has 0 bridgehead atoms. The summed E-state index contributed by atoms with van der Waals surface area (Å²) in [7, 11) is 0. The molecule has 0 aliphatic heterocycles. The molecule has 2 rings (SSSR count). The summed E-state index contributed by atoms with van der Waals surface area (Å²) < 4.78 is 0. The van der Waals surface area contributed by atoms with Gasteiger partial charge < -0.3 is 0 Å². The van der Waals surface area contributed by atoms with Crippen molar-refractivity contribution in [3.63, 3.8) is 0 Å². The van der Waals surface area contributed by atoms with Gasteiger partial charge in [-0.15, -0.1) is 0 Å². The van der Waals surface area contributed by atoms with Gasteiger partial charge >= 0.3 is 0 Å². The van der Waals surface area contributed by atoms with Crippen LogP contribution in [-0.2, 0) is 6.42 Å². The molecule has 0 aliphatic carbocycles. The lowest BCUT2D eigenvalue weighted by molar-refractivity contribution is 0.409. The second kappa shape index (κ2) is 7.89. The van der Waals surface area contributed by atoms with E-state index >= 15 is 0 Å². The van der Waals surface area contributed by atoms with Gasteiger partial charge in [-0.3, -0.25) is 0 Å². The van der Waals surface area contributed by atoms with Crippen LogP contribution in [0.2, 0.25) is 0 Å². The summed E-state index contributed by atoms with van der Waals surface area (Å²) in [4.78, 5) is 0. The molecule has 0 heterocycles. The molecule has 2 aromatic carbocycles.